The molecule has 0 spiro atoms. The van der Waals surface area contributed by atoms with Crippen molar-refractivity contribution < 1.29 is 51.8 Å². The van der Waals surface area contributed by atoms with E-state index in [-0.39, 0.29) is 31.2 Å². The van der Waals surface area contributed by atoms with Gasteiger partial charge in [-0.2, -0.15) is 0 Å². The minimum atomic E-state index is -5.19. The van der Waals surface area contributed by atoms with Crippen molar-refractivity contribution >= 4 is 60.2 Å². The lowest BCUT2D eigenvalue weighted by molar-refractivity contribution is -0.148. The highest BCUT2D eigenvalue weighted by Gasteiger charge is 2.45. The molecule has 0 saturated carbocycles. The van der Waals surface area contributed by atoms with Gasteiger partial charge in [-0.3, -0.25) is 4.52 Å². The predicted molar refractivity (Wildman–Crippen MR) is 123 cm³/mol. The number of rotatable bonds is 10. The lowest BCUT2D eigenvalue weighted by atomic mass is 10.1. The predicted octanol–water partition coefficient (Wildman–Crippen LogP) is 4.92. The SMILES string of the molecule is O=C1OC(C(CO)OP(=O)(O)O)C(OCc2c(F)ccc(Cl)c2Cl)=C1OCc1c(F)ccc(Cl)c1Cl. The molecule has 0 radical (unpaired) electrons. The molecule has 16 heteroatoms. The van der Waals surface area contributed by atoms with Gasteiger partial charge in [0.1, 0.15) is 31.0 Å². The van der Waals surface area contributed by atoms with Gasteiger partial charge in [0.25, 0.3) is 0 Å². The number of hydrogen-bond donors (Lipinski definition) is 3. The Morgan fingerprint density at radius 2 is 1.44 bits per heavy atom. The molecule has 2 aromatic rings. The molecule has 1 aliphatic rings. The van der Waals surface area contributed by atoms with Crippen LogP contribution in [0.2, 0.25) is 20.1 Å². The fourth-order valence-electron chi connectivity index (χ4n) is 3.03. The zero-order chi connectivity index (χ0) is 26.8. The van der Waals surface area contributed by atoms with Crippen LogP contribution in [0, 0.1) is 11.6 Å². The third-order valence-corrected chi connectivity index (χ3v) is 6.93. The number of phosphoric acid groups is 1. The molecule has 0 aromatic heterocycles. The Labute approximate surface area is 222 Å². The summed E-state index contributed by atoms with van der Waals surface area (Å²) in [4.78, 5) is 30.8. The summed E-state index contributed by atoms with van der Waals surface area (Å²) >= 11 is 23.8. The molecule has 36 heavy (non-hydrogen) atoms. The molecule has 3 rings (SSSR count). The summed E-state index contributed by atoms with van der Waals surface area (Å²) in [5.74, 6) is -4.12. The Hall–Kier alpha value is -1.66. The Morgan fingerprint density at radius 3 is 1.92 bits per heavy atom. The number of cyclic esters (lactones) is 1. The topological polar surface area (TPSA) is 132 Å². The lowest BCUT2D eigenvalue weighted by Gasteiger charge is -2.23. The zero-order valence-corrected chi connectivity index (χ0v) is 21.5. The number of carbonyl (C=O) groups excluding carboxylic acids is 1. The second-order valence-electron chi connectivity index (χ2n) is 7.06. The maximum absolute atomic E-state index is 14.3. The molecule has 1 aliphatic heterocycles. The van der Waals surface area contributed by atoms with Crippen molar-refractivity contribution in [2.75, 3.05) is 6.61 Å². The Balaban J connectivity index is 1.99. The van der Waals surface area contributed by atoms with Crippen LogP contribution in [0.5, 0.6) is 0 Å². The van der Waals surface area contributed by atoms with E-state index in [1.165, 1.54) is 12.1 Å². The van der Waals surface area contributed by atoms with E-state index in [1.807, 2.05) is 0 Å². The second-order valence-corrected chi connectivity index (χ2v) is 9.82. The summed E-state index contributed by atoms with van der Waals surface area (Å²) in [5.41, 5.74) is -0.476. The van der Waals surface area contributed by atoms with Gasteiger partial charge in [0, 0.05) is 11.1 Å². The second kappa shape index (κ2) is 11.8. The van der Waals surface area contributed by atoms with Crippen molar-refractivity contribution in [3.05, 3.63) is 78.6 Å². The van der Waals surface area contributed by atoms with Crippen LogP contribution < -0.4 is 0 Å². The molecule has 196 valence electrons. The molecule has 2 unspecified atom stereocenters. The summed E-state index contributed by atoms with van der Waals surface area (Å²) in [5, 5.41) is 9.18. The van der Waals surface area contributed by atoms with Crippen molar-refractivity contribution in [2.45, 2.75) is 25.4 Å². The number of halogens is 6. The average Bonchev–Trinajstić information content (AvgIpc) is 3.12. The standard InChI is InChI=1S/C20H15Cl4F2O9P/c21-10-1-3-12(25)8(15(10)23)6-32-18-17(14(5-27)35-36(29,30)31)34-20(28)19(18)33-7-9-13(26)4-2-11(22)16(9)24/h1-4,14,17,27H,5-7H2,(H2,29,30,31). The van der Waals surface area contributed by atoms with Crippen LogP contribution in [-0.2, 0) is 41.3 Å². The normalized spacial score (nSPS) is 16.8. The van der Waals surface area contributed by atoms with Crippen LogP contribution in [0.25, 0.3) is 0 Å². The number of hydrogen-bond acceptors (Lipinski definition) is 7. The zero-order valence-electron chi connectivity index (χ0n) is 17.6. The quantitative estimate of drug-likeness (QED) is 0.195. The first-order valence-corrected chi connectivity index (χ1v) is 12.7. The van der Waals surface area contributed by atoms with Gasteiger partial charge in [-0.1, -0.05) is 46.4 Å². The number of aliphatic hydroxyl groups excluding tert-OH is 1. The van der Waals surface area contributed by atoms with E-state index in [4.69, 9.17) is 70.4 Å². The van der Waals surface area contributed by atoms with Gasteiger partial charge in [-0.15, -0.1) is 0 Å². The largest absolute Gasteiger partial charge is 0.485 e. The maximum atomic E-state index is 14.3. The first kappa shape index (κ1) is 28.9. The summed E-state index contributed by atoms with van der Waals surface area (Å²) in [6.07, 6.45) is -3.59. The highest BCUT2D eigenvalue weighted by molar-refractivity contribution is 7.46. The van der Waals surface area contributed by atoms with Gasteiger partial charge < -0.3 is 29.1 Å². The van der Waals surface area contributed by atoms with Gasteiger partial charge in [0.05, 0.1) is 26.7 Å². The highest BCUT2D eigenvalue weighted by atomic mass is 35.5. The number of phosphoric ester groups is 1. The fraction of sp³-hybridized carbons (Fsp3) is 0.250. The van der Waals surface area contributed by atoms with Crippen molar-refractivity contribution in [3.8, 4) is 0 Å². The number of ether oxygens (including phenoxy) is 3. The molecule has 2 aromatic carbocycles. The minimum absolute atomic E-state index is 0.00421. The van der Waals surface area contributed by atoms with E-state index in [2.05, 4.69) is 4.52 Å². The number of esters is 1. The molecule has 0 saturated heterocycles. The minimum Gasteiger partial charge on any atom is -0.485 e. The van der Waals surface area contributed by atoms with Gasteiger partial charge in [0.15, 0.2) is 11.9 Å². The Kier molecular flexibility index (Phi) is 9.48. The van der Waals surface area contributed by atoms with Crippen LogP contribution in [0.15, 0.2) is 35.8 Å². The third kappa shape index (κ3) is 6.61. The molecule has 1 heterocycles. The molecular formula is C20H15Cl4F2O9P. The monoisotopic (exact) mass is 608 g/mol. The molecule has 2 atom stereocenters. The van der Waals surface area contributed by atoms with Crippen LogP contribution in [0.4, 0.5) is 8.78 Å². The van der Waals surface area contributed by atoms with E-state index in [0.29, 0.717) is 0 Å². The summed E-state index contributed by atoms with van der Waals surface area (Å²) in [6, 6.07) is 4.41. The fourth-order valence-corrected chi connectivity index (χ4v) is 4.33. The number of benzene rings is 2. The highest BCUT2D eigenvalue weighted by Crippen LogP contribution is 2.41. The maximum Gasteiger partial charge on any atom is 0.470 e. The number of carbonyl (C=O) groups is 1. The Morgan fingerprint density at radius 1 is 0.944 bits per heavy atom. The van der Waals surface area contributed by atoms with Gasteiger partial charge in [-0.05, 0) is 24.3 Å². The van der Waals surface area contributed by atoms with Gasteiger partial charge in [-0.25, -0.2) is 18.1 Å². The summed E-state index contributed by atoms with van der Waals surface area (Å²) in [7, 11) is -5.19. The molecular weight excluding hydrogens is 595 g/mol. The first-order chi connectivity index (χ1) is 16.8. The van der Waals surface area contributed by atoms with Crippen molar-refractivity contribution in [2.24, 2.45) is 0 Å². The van der Waals surface area contributed by atoms with E-state index in [9.17, 15) is 23.2 Å². The molecule has 0 amide bonds. The average molecular weight is 610 g/mol. The van der Waals surface area contributed by atoms with Crippen molar-refractivity contribution in [3.63, 3.8) is 0 Å². The Bertz CT molecular complexity index is 1250. The number of aliphatic hydroxyl groups is 1. The molecule has 9 nitrogen and oxygen atoms in total. The van der Waals surface area contributed by atoms with Crippen LogP contribution in [-0.4, -0.2) is 39.7 Å². The van der Waals surface area contributed by atoms with Gasteiger partial charge in [0.2, 0.25) is 5.76 Å². The van der Waals surface area contributed by atoms with E-state index in [0.717, 1.165) is 12.1 Å². The molecule has 0 bridgehead atoms. The molecule has 0 aliphatic carbocycles. The van der Waals surface area contributed by atoms with Crippen LogP contribution in [0.1, 0.15) is 11.1 Å². The van der Waals surface area contributed by atoms with Gasteiger partial charge >= 0.3 is 13.8 Å². The summed E-state index contributed by atoms with van der Waals surface area (Å²) < 4.78 is 60.3. The molecule has 0 fully saturated rings. The smallest absolute Gasteiger partial charge is 0.470 e. The summed E-state index contributed by atoms with van der Waals surface area (Å²) in [6.45, 7) is -2.38. The van der Waals surface area contributed by atoms with E-state index in [1.54, 1.807) is 0 Å². The first-order valence-electron chi connectivity index (χ1n) is 9.64. The third-order valence-electron chi connectivity index (χ3n) is 4.70. The van der Waals surface area contributed by atoms with Crippen molar-refractivity contribution in [1.82, 2.24) is 0 Å². The van der Waals surface area contributed by atoms with Crippen LogP contribution in [0.3, 0.4) is 0 Å². The van der Waals surface area contributed by atoms with Crippen molar-refractivity contribution in [1.29, 1.82) is 0 Å². The lowest BCUT2D eigenvalue weighted by Crippen LogP contribution is -2.34. The molecule has 3 N–H and O–H groups in total. The van der Waals surface area contributed by atoms with E-state index >= 15 is 0 Å². The van der Waals surface area contributed by atoms with E-state index < -0.39 is 69.0 Å². The van der Waals surface area contributed by atoms with Crippen LogP contribution >= 0.6 is 54.2 Å².